The first kappa shape index (κ1) is 38.1. The molecule has 2 aromatic carbocycles. The molecule has 5 N–H and O–H groups in total. The number of halogens is 1. The molecule has 46 heavy (non-hydrogen) atoms. The number of benzene rings is 2. The second-order valence-electron chi connectivity index (χ2n) is 11.4. The molecule has 2 heterocycles. The Hall–Kier alpha value is -4.10. The molecule has 0 aliphatic rings. The van der Waals surface area contributed by atoms with Crippen molar-refractivity contribution in [1.82, 2.24) is 24.9 Å². The largest absolute Gasteiger partial charge is 0.475 e. The second kappa shape index (κ2) is 17.6. The number of aliphatic hydroxyl groups is 2. The van der Waals surface area contributed by atoms with Crippen LogP contribution in [0.3, 0.4) is 0 Å². The van der Waals surface area contributed by atoms with Crippen molar-refractivity contribution in [2.24, 2.45) is 19.8 Å². The molecule has 0 unspecified atom stereocenters. The zero-order valence-corrected chi connectivity index (χ0v) is 28.5. The number of amides is 1. The summed E-state index contributed by atoms with van der Waals surface area (Å²) >= 11 is 0. The van der Waals surface area contributed by atoms with Crippen molar-refractivity contribution in [3.05, 3.63) is 70.8 Å². The summed E-state index contributed by atoms with van der Waals surface area (Å²) in [6, 6.07) is 15.4. The van der Waals surface area contributed by atoms with Crippen molar-refractivity contribution in [3.63, 3.8) is 0 Å². The number of carbonyl (C=O) groups excluding carboxylic acids is 1. The smallest absolute Gasteiger partial charge is 0.407 e. The Kier molecular flexibility index (Phi) is 14.5. The highest BCUT2D eigenvalue weighted by molar-refractivity contribution is 5.85. The summed E-state index contributed by atoms with van der Waals surface area (Å²) in [6.07, 6.45) is -0.469. The van der Waals surface area contributed by atoms with Crippen LogP contribution in [-0.4, -0.2) is 67.8 Å². The van der Waals surface area contributed by atoms with Gasteiger partial charge in [-0.15, -0.1) is 22.6 Å². The van der Waals surface area contributed by atoms with Crippen molar-refractivity contribution >= 4 is 18.5 Å². The molecule has 12 nitrogen and oxygen atoms in total. The van der Waals surface area contributed by atoms with Gasteiger partial charge in [-0.2, -0.15) is 0 Å². The van der Waals surface area contributed by atoms with E-state index in [-0.39, 0.29) is 25.6 Å². The number of aromatic nitrogens is 4. The monoisotopic (exact) mass is 658 g/mol. The number of alkyl carbamates (subject to hydrolysis) is 1. The SMILES string of the molecule is Cc1c(OCCN)nn(C)c1-c1ccc(CO)cc1.Cc1c(OCCNC(=O)OC(C)(C)C)nn(C)c1-c1ccc(CO)cc1.Cl. The van der Waals surface area contributed by atoms with Crippen LogP contribution < -0.4 is 20.5 Å². The van der Waals surface area contributed by atoms with E-state index in [1.54, 1.807) is 9.36 Å². The molecule has 0 saturated heterocycles. The maximum absolute atomic E-state index is 11.6. The van der Waals surface area contributed by atoms with Gasteiger partial charge in [0.05, 0.1) is 31.1 Å². The molecule has 1 amide bonds. The lowest BCUT2D eigenvalue weighted by Gasteiger charge is -2.19. The molecule has 0 aliphatic carbocycles. The number of ether oxygens (including phenoxy) is 3. The van der Waals surface area contributed by atoms with Crippen molar-refractivity contribution in [2.45, 2.75) is 53.4 Å². The predicted octanol–water partition coefficient (Wildman–Crippen LogP) is 4.44. The first-order chi connectivity index (χ1) is 21.4. The summed E-state index contributed by atoms with van der Waals surface area (Å²) < 4.78 is 20.0. The number of nitrogens with two attached hydrogens (primary N) is 1. The lowest BCUT2D eigenvalue weighted by atomic mass is 10.1. The molecule has 0 fully saturated rings. The van der Waals surface area contributed by atoms with Crippen LogP contribution in [0.4, 0.5) is 4.79 Å². The Bertz CT molecular complexity index is 1530. The maximum Gasteiger partial charge on any atom is 0.407 e. The normalized spacial score (nSPS) is 10.8. The minimum Gasteiger partial charge on any atom is -0.475 e. The lowest BCUT2D eigenvalue weighted by Crippen LogP contribution is -2.34. The van der Waals surface area contributed by atoms with Crippen molar-refractivity contribution in [1.29, 1.82) is 0 Å². The first-order valence-corrected chi connectivity index (χ1v) is 14.8. The number of nitrogens with one attached hydrogen (secondary N) is 1. The molecule has 0 aliphatic heterocycles. The quantitative estimate of drug-likeness (QED) is 0.171. The van der Waals surface area contributed by atoms with Crippen LogP contribution in [0, 0.1) is 13.8 Å². The molecular formula is C33H47ClN6O6. The van der Waals surface area contributed by atoms with Crippen molar-refractivity contribution in [2.75, 3.05) is 26.3 Å². The van der Waals surface area contributed by atoms with Crippen LogP contribution in [0.5, 0.6) is 11.8 Å². The number of nitrogens with zero attached hydrogens (tertiary/aromatic N) is 4. The minimum absolute atomic E-state index is 0. The predicted molar refractivity (Wildman–Crippen MR) is 180 cm³/mol. The van der Waals surface area contributed by atoms with Gasteiger partial charge in [-0.25, -0.2) is 4.79 Å². The summed E-state index contributed by atoms with van der Waals surface area (Å²) in [7, 11) is 3.74. The molecule has 2 aromatic heterocycles. The second-order valence-corrected chi connectivity index (χ2v) is 11.4. The van der Waals surface area contributed by atoms with Crippen LogP contribution in [0.25, 0.3) is 22.5 Å². The standard InChI is InChI=1S/C19H27N3O4.C14H19N3O2.ClH/c1-13-16(15-8-6-14(12-23)7-9-15)22(5)21-17(13)25-11-10-20-18(24)26-19(2,3)4;1-10-13(12-5-3-11(9-18)4-6-12)17(2)16-14(10)19-8-7-15;/h6-9,23H,10-12H2,1-5H3,(H,20,24);3-6,18H,7-9,15H2,1-2H3;1H. The highest BCUT2D eigenvalue weighted by Gasteiger charge is 2.18. The van der Waals surface area contributed by atoms with E-state index in [1.807, 2.05) is 97.2 Å². The van der Waals surface area contributed by atoms with Gasteiger partial charge in [0, 0.05) is 42.9 Å². The number of aryl methyl sites for hydroxylation is 2. The van der Waals surface area contributed by atoms with Gasteiger partial charge in [0.15, 0.2) is 0 Å². The Labute approximate surface area is 276 Å². The van der Waals surface area contributed by atoms with Crippen LogP contribution in [0.15, 0.2) is 48.5 Å². The lowest BCUT2D eigenvalue weighted by molar-refractivity contribution is 0.0519. The van der Waals surface area contributed by atoms with Crippen LogP contribution in [-0.2, 0) is 32.0 Å². The number of rotatable bonds is 11. The Morgan fingerprint density at radius 3 is 1.59 bits per heavy atom. The average molecular weight is 659 g/mol. The Morgan fingerprint density at radius 1 is 0.804 bits per heavy atom. The fourth-order valence-corrected chi connectivity index (χ4v) is 4.60. The Morgan fingerprint density at radius 2 is 1.22 bits per heavy atom. The molecule has 0 saturated carbocycles. The van der Waals surface area contributed by atoms with Gasteiger partial charge in [0.25, 0.3) is 0 Å². The van der Waals surface area contributed by atoms with Crippen molar-refractivity contribution in [3.8, 4) is 34.3 Å². The highest BCUT2D eigenvalue weighted by Crippen LogP contribution is 2.30. The molecule has 13 heteroatoms. The summed E-state index contributed by atoms with van der Waals surface area (Å²) in [5.74, 6) is 1.15. The molecule has 0 atom stereocenters. The number of carbonyl (C=O) groups is 1. The van der Waals surface area contributed by atoms with E-state index in [0.29, 0.717) is 38.1 Å². The molecular weight excluding hydrogens is 612 g/mol. The number of hydrogen-bond donors (Lipinski definition) is 4. The van der Waals surface area contributed by atoms with Gasteiger partial charge in [0.2, 0.25) is 11.8 Å². The minimum atomic E-state index is -0.525. The third-order valence-electron chi connectivity index (χ3n) is 6.67. The van der Waals surface area contributed by atoms with E-state index in [4.69, 9.17) is 30.2 Å². The summed E-state index contributed by atoms with van der Waals surface area (Å²) in [5.41, 5.74) is 12.6. The highest BCUT2D eigenvalue weighted by atomic mass is 35.5. The van der Waals surface area contributed by atoms with Crippen LogP contribution in [0.2, 0.25) is 0 Å². The average Bonchev–Trinajstić information content (AvgIpc) is 3.45. The van der Waals surface area contributed by atoms with E-state index >= 15 is 0 Å². The third-order valence-corrected chi connectivity index (χ3v) is 6.67. The zero-order valence-electron chi connectivity index (χ0n) is 27.7. The molecule has 4 aromatic rings. The van der Waals surface area contributed by atoms with Gasteiger partial charge < -0.3 is 35.5 Å². The van der Waals surface area contributed by atoms with Crippen LogP contribution >= 0.6 is 12.4 Å². The molecule has 4 rings (SSSR count). The molecule has 0 spiro atoms. The third kappa shape index (κ3) is 10.5. The molecule has 0 bridgehead atoms. The topological polar surface area (TPSA) is 159 Å². The zero-order chi connectivity index (χ0) is 33.1. The Balaban J connectivity index is 0.000000328. The van der Waals surface area contributed by atoms with E-state index in [1.165, 1.54) is 0 Å². The van der Waals surface area contributed by atoms with Gasteiger partial charge in [-0.05, 0) is 45.7 Å². The maximum atomic E-state index is 11.6. The first-order valence-electron chi connectivity index (χ1n) is 14.8. The summed E-state index contributed by atoms with van der Waals surface area (Å²) in [6.45, 7) is 11.0. The van der Waals surface area contributed by atoms with Gasteiger partial charge in [-0.1, -0.05) is 48.5 Å². The van der Waals surface area contributed by atoms with E-state index in [0.717, 1.165) is 44.8 Å². The fourth-order valence-electron chi connectivity index (χ4n) is 4.60. The van der Waals surface area contributed by atoms with Gasteiger partial charge in [0.1, 0.15) is 18.8 Å². The summed E-state index contributed by atoms with van der Waals surface area (Å²) in [4.78, 5) is 11.6. The molecule has 252 valence electrons. The van der Waals surface area contributed by atoms with Gasteiger partial charge >= 0.3 is 6.09 Å². The number of aliphatic hydroxyl groups excluding tert-OH is 2. The summed E-state index contributed by atoms with van der Waals surface area (Å²) in [5, 5.41) is 29.6. The van der Waals surface area contributed by atoms with Gasteiger partial charge in [-0.3, -0.25) is 9.36 Å². The van der Waals surface area contributed by atoms with Crippen molar-refractivity contribution < 1.29 is 29.2 Å². The van der Waals surface area contributed by atoms with E-state index in [9.17, 15) is 4.79 Å². The molecule has 0 radical (unpaired) electrons. The van der Waals surface area contributed by atoms with Crippen LogP contribution in [0.1, 0.15) is 43.0 Å². The van der Waals surface area contributed by atoms with E-state index in [2.05, 4.69) is 15.5 Å². The fraction of sp³-hybridized carbons (Fsp3) is 0.424. The van der Waals surface area contributed by atoms with E-state index < -0.39 is 11.7 Å². The number of hydrogen-bond acceptors (Lipinski definition) is 9.